The summed E-state index contributed by atoms with van der Waals surface area (Å²) < 4.78 is 0. The van der Waals surface area contributed by atoms with Crippen LogP contribution < -0.4 is 10.6 Å². The van der Waals surface area contributed by atoms with Crippen LogP contribution in [0, 0.1) is 5.92 Å². The topological polar surface area (TPSA) is 61.4 Å². The highest BCUT2D eigenvalue weighted by atomic mass is 16.2. The van der Waals surface area contributed by atoms with Crippen LogP contribution in [0.4, 0.5) is 5.69 Å². The molecule has 0 aliphatic heterocycles. The van der Waals surface area contributed by atoms with E-state index in [1.807, 2.05) is 0 Å². The van der Waals surface area contributed by atoms with E-state index in [4.69, 9.17) is 0 Å². The Bertz CT molecular complexity index is 847. The molecule has 0 saturated heterocycles. The van der Waals surface area contributed by atoms with E-state index in [2.05, 4.69) is 69.5 Å². The van der Waals surface area contributed by atoms with E-state index >= 15 is 0 Å². The molecule has 2 N–H and O–H groups in total. The highest BCUT2D eigenvalue weighted by Gasteiger charge is 2.19. The molecule has 1 atom stereocenters. The molecule has 2 aromatic carbocycles. The SMILES string of the molecule is CC(C)C(NCC(=O)Nc1ccc(C(=O)N(C)C)cc1)c1ccc(C(C)(C)C)cc1. The number of carbonyl (C=O) groups is 2. The largest absolute Gasteiger partial charge is 0.345 e. The van der Waals surface area contributed by atoms with E-state index in [1.165, 1.54) is 16.0 Å². The number of carbonyl (C=O) groups excluding carboxylic acids is 2. The molecule has 0 heterocycles. The van der Waals surface area contributed by atoms with Gasteiger partial charge in [0.1, 0.15) is 0 Å². The van der Waals surface area contributed by atoms with Crippen LogP contribution in [0.1, 0.15) is 62.1 Å². The summed E-state index contributed by atoms with van der Waals surface area (Å²) in [7, 11) is 3.43. The second-order valence-corrected chi connectivity index (χ2v) is 9.30. The van der Waals surface area contributed by atoms with Crippen LogP contribution in [0.2, 0.25) is 0 Å². The molecule has 30 heavy (non-hydrogen) atoms. The number of anilines is 1. The first kappa shape index (κ1) is 23.6. The molecular weight excluding hydrogens is 374 g/mol. The molecule has 0 aliphatic carbocycles. The first-order valence-corrected chi connectivity index (χ1v) is 10.4. The Labute approximate surface area is 180 Å². The van der Waals surface area contributed by atoms with E-state index in [1.54, 1.807) is 38.4 Å². The number of benzene rings is 2. The van der Waals surface area contributed by atoms with Crippen molar-refractivity contribution < 1.29 is 9.59 Å². The predicted molar refractivity (Wildman–Crippen MR) is 124 cm³/mol. The zero-order valence-corrected chi connectivity index (χ0v) is 19.2. The smallest absolute Gasteiger partial charge is 0.253 e. The fraction of sp³-hybridized carbons (Fsp3) is 0.440. The van der Waals surface area contributed by atoms with Gasteiger partial charge in [0, 0.05) is 31.4 Å². The fourth-order valence-corrected chi connectivity index (χ4v) is 3.29. The first-order valence-electron chi connectivity index (χ1n) is 10.4. The zero-order chi connectivity index (χ0) is 22.5. The number of nitrogens with zero attached hydrogens (tertiary/aromatic N) is 1. The molecule has 0 spiro atoms. The van der Waals surface area contributed by atoms with Gasteiger partial charge in [0.05, 0.1) is 6.54 Å². The van der Waals surface area contributed by atoms with E-state index in [-0.39, 0.29) is 29.8 Å². The van der Waals surface area contributed by atoms with E-state index in [0.717, 1.165) is 0 Å². The fourth-order valence-electron chi connectivity index (χ4n) is 3.29. The number of hydrogen-bond donors (Lipinski definition) is 2. The summed E-state index contributed by atoms with van der Waals surface area (Å²) in [4.78, 5) is 25.9. The van der Waals surface area contributed by atoms with Gasteiger partial charge in [0.15, 0.2) is 0 Å². The van der Waals surface area contributed by atoms with Crippen LogP contribution in [0.5, 0.6) is 0 Å². The lowest BCUT2D eigenvalue weighted by molar-refractivity contribution is -0.115. The standard InChI is InChI=1S/C25H35N3O2/c1-17(2)23(18-8-12-20(13-9-18)25(3,4)5)26-16-22(29)27-21-14-10-19(11-15-21)24(30)28(6)7/h8-15,17,23,26H,16H2,1-7H3,(H,27,29). The molecule has 2 amide bonds. The molecule has 0 aliphatic rings. The number of hydrogen-bond acceptors (Lipinski definition) is 3. The average molecular weight is 410 g/mol. The Morgan fingerprint density at radius 3 is 1.97 bits per heavy atom. The molecular formula is C25H35N3O2. The van der Waals surface area contributed by atoms with Gasteiger partial charge in [-0.3, -0.25) is 9.59 Å². The lowest BCUT2D eigenvalue weighted by atomic mass is 9.85. The minimum Gasteiger partial charge on any atom is -0.345 e. The van der Waals surface area contributed by atoms with Gasteiger partial charge in [0.25, 0.3) is 5.91 Å². The number of amides is 2. The molecule has 0 radical (unpaired) electrons. The molecule has 0 bridgehead atoms. The Morgan fingerprint density at radius 1 is 0.933 bits per heavy atom. The van der Waals surface area contributed by atoms with Crippen molar-refractivity contribution in [2.45, 2.75) is 46.1 Å². The van der Waals surface area contributed by atoms with Gasteiger partial charge in [0.2, 0.25) is 5.91 Å². The summed E-state index contributed by atoms with van der Waals surface area (Å²) >= 11 is 0. The summed E-state index contributed by atoms with van der Waals surface area (Å²) in [5.41, 5.74) is 3.86. The van der Waals surface area contributed by atoms with Gasteiger partial charge in [-0.25, -0.2) is 0 Å². The van der Waals surface area contributed by atoms with Gasteiger partial charge in [-0.1, -0.05) is 58.9 Å². The molecule has 1 unspecified atom stereocenters. The van der Waals surface area contributed by atoms with Crippen LogP contribution in [0.15, 0.2) is 48.5 Å². The van der Waals surface area contributed by atoms with Crippen molar-refractivity contribution in [2.24, 2.45) is 5.92 Å². The molecule has 2 aromatic rings. The zero-order valence-electron chi connectivity index (χ0n) is 19.2. The Balaban J connectivity index is 1.98. The van der Waals surface area contributed by atoms with Crippen LogP contribution >= 0.6 is 0 Å². The normalized spacial score (nSPS) is 12.5. The van der Waals surface area contributed by atoms with Crippen LogP contribution in [-0.4, -0.2) is 37.4 Å². The summed E-state index contributed by atoms with van der Waals surface area (Å²) in [6.45, 7) is 11.1. The first-order chi connectivity index (χ1) is 14.0. The van der Waals surface area contributed by atoms with Crippen LogP contribution in [0.3, 0.4) is 0 Å². The maximum atomic E-state index is 12.4. The van der Waals surface area contributed by atoms with Gasteiger partial charge >= 0.3 is 0 Å². The molecule has 5 nitrogen and oxygen atoms in total. The third-order valence-corrected chi connectivity index (χ3v) is 5.11. The van der Waals surface area contributed by atoms with Crippen molar-refractivity contribution in [1.82, 2.24) is 10.2 Å². The van der Waals surface area contributed by atoms with Gasteiger partial charge in [-0.15, -0.1) is 0 Å². The van der Waals surface area contributed by atoms with Crippen LogP contribution in [-0.2, 0) is 10.2 Å². The molecule has 2 rings (SSSR count). The van der Waals surface area contributed by atoms with Crippen molar-refractivity contribution in [1.29, 1.82) is 0 Å². The van der Waals surface area contributed by atoms with E-state index in [9.17, 15) is 9.59 Å². The second kappa shape index (κ2) is 9.90. The van der Waals surface area contributed by atoms with Crippen molar-refractivity contribution >= 4 is 17.5 Å². The van der Waals surface area contributed by atoms with E-state index < -0.39 is 0 Å². The van der Waals surface area contributed by atoms with Gasteiger partial charge in [-0.2, -0.15) is 0 Å². The molecule has 0 fully saturated rings. The monoisotopic (exact) mass is 409 g/mol. The third-order valence-electron chi connectivity index (χ3n) is 5.11. The summed E-state index contributed by atoms with van der Waals surface area (Å²) in [6, 6.07) is 15.7. The van der Waals surface area contributed by atoms with Gasteiger partial charge < -0.3 is 15.5 Å². The molecule has 0 saturated carbocycles. The number of rotatable bonds is 7. The molecule has 5 heteroatoms. The van der Waals surface area contributed by atoms with Crippen molar-refractivity contribution in [3.05, 3.63) is 65.2 Å². The molecule has 162 valence electrons. The lowest BCUT2D eigenvalue weighted by Crippen LogP contribution is -2.33. The Kier molecular flexibility index (Phi) is 7.79. The van der Waals surface area contributed by atoms with Crippen molar-refractivity contribution in [3.63, 3.8) is 0 Å². The van der Waals surface area contributed by atoms with Crippen LogP contribution in [0.25, 0.3) is 0 Å². The number of nitrogens with one attached hydrogen (secondary N) is 2. The summed E-state index contributed by atoms with van der Waals surface area (Å²) in [6.07, 6.45) is 0. The summed E-state index contributed by atoms with van der Waals surface area (Å²) in [5, 5.41) is 6.27. The van der Waals surface area contributed by atoms with Crippen molar-refractivity contribution in [3.8, 4) is 0 Å². The maximum absolute atomic E-state index is 12.4. The predicted octanol–water partition coefficient (Wildman–Crippen LogP) is 4.61. The Hall–Kier alpha value is -2.66. The second-order valence-electron chi connectivity index (χ2n) is 9.30. The third kappa shape index (κ3) is 6.42. The summed E-state index contributed by atoms with van der Waals surface area (Å²) in [5.74, 6) is 0.167. The highest BCUT2D eigenvalue weighted by molar-refractivity contribution is 5.96. The van der Waals surface area contributed by atoms with Crippen molar-refractivity contribution in [2.75, 3.05) is 26.0 Å². The Morgan fingerprint density at radius 2 is 1.50 bits per heavy atom. The minimum atomic E-state index is -0.112. The minimum absolute atomic E-state index is 0.0632. The quantitative estimate of drug-likeness (QED) is 0.702. The molecule has 0 aromatic heterocycles. The lowest BCUT2D eigenvalue weighted by Gasteiger charge is -2.25. The van der Waals surface area contributed by atoms with Gasteiger partial charge in [-0.05, 0) is 46.7 Å². The average Bonchev–Trinajstić information content (AvgIpc) is 2.67. The van der Waals surface area contributed by atoms with E-state index in [0.29, 0.717) is 17.2 Å². The highest BCUT2D eigenvalue weighted by Crippen LogP contribution is 2.26. The maximum Gasteiger partial charge on any atom is 0.253 e.